The number of carbonyl (C=O) groups is 2. The quantitative estimate of drug-likeness (QED) is 0.363. The molecule has 5 aliphatic carbocycles. The van der Waals surface area contributed by atoms with Crippen LogP contribution in [0.5, 0.6) is 0 Å². The van der Waals surface area contributed by atoms with Crippen molar-refractivity contribution >= 4 is 45.6 Å². The molecule has 0 bridgehead atoms. The number of fused-ring (bicyclic) bond motifs is 2. The number of esters is 1. The highest BCUT2D eigenvalue weighted by Gasteiger charge is 2.88. The molecule has 0 aliphatic heterocycles. The van der Waals surface area contributed by atoms with Crippen molar-refractivity contribution < 1.29 is 23.8 Å². The lowest BCUT2D eigenvalue weighted by Gasteiger charge is -2.60. The standard InChI is InChI=1S/C34H35FN4O4S2/c1-30-16-20(18-37)24(39-23-5-3-22(35)4-6-23)15-21(30)7-9-32-19-33(30,32)26(40)17-31(2)25(32)8-10-34(31,29(42)45-13-11-36)43-28(41)27-38-12-14-44-27/h3-6,12,14-15,18,25-26,40H,7-10,13,16-17,19,37H2,1-2H3/t25?,26-,30-,31-,32+,33?,34-/m0/s1. The first-order chi connectivity index (χ1) is 21.5. The van der Waals surface area contributed by atoms with Crippen LogP contribution in [0.15, 0.2) is 64.3 Å². The molecular weight excluding hydrogens is 612 g/mol. The number of thioether (sulfide) groups is 1. The van der Waals surface area contributed by atoms with Gasteiger partial charge in [-0.3, -0.25) is 4.79 Å². The van der Waals surface area contributed by atoms with E-state index in [0.717, 1.165) is 53.6 Å². The summed E-state index contributed by atoms with van der Waals surface area (Å²) in [6.07, 6.45) is 8.87. The van der Waals surface area contributed by atoms with Gasteiger partial charge in [-0.15, -0.1) is 11.3 Å². The molecule has 4 fully saturated rings. The highest BCUT2D eigenvalue weighted by molar-refractivity contribution is 8.14. The SMILES string of the molecule is C[C@]12CC(=CN)C(=Nc3ccc(F)cc3)C=C1CC[C@]13CC12[C@@H](O)C[C@@]1(C)C3CC[C@]1(OC(=O)c1nccs1)C(=O)SCC#N. The minimum atomic E-state index is -1.48. The number of halogens is 1. The fraction of sp³-hybridized carbons (Fsp3) is 0.500. The van der Waals surface area contributed by atoms with E-state index in [-0.39, 0.29) is 38.4 Å². The smallest absolute Gasteiger partial charge is 0.368 e. The topological polar surface area (TPSA) is 139 Å². The van der Waals surface area contributed by atoms with E-state index in [9.17, 15) is 24.3 Å². The summed E-state index contributed by atoms with van der Waals surface area (Å²) >= 11 is 2.05. The number of carbonyl (C=O) groups excluding carboxylic acids is 2. The molecule has 1 aromatic carbocycles. The molecule has 45 heavy (non-hydrogen) atoms. The fourth-order valence-corrected chi connectivity index (χ4v) is 11.6. The highest BCUT2D eigenvalue weighted by Crippen LogP contribution is 2.90. The number of nitriles is 1. The highest BCUT2D eigenvalue weighted by atomic mass is 32.2. The van der Waals surface area contributed by atoms with E-state index in [1.54, 1.807) is 23.7 Å². The Morgan fingerprint density at radius 1 is 1.31 bits per heavy atom. The summed E-state index contributed by atoms with van der Waals surface area (Å²) in [5.41, 5.74) is 6.34. The minimum absolute atomic E-state index is 0.0297. The van der Waals surface area contributed by atoms with Crippen molar-refractivity contribution in [2.24, 2.45) is 38.3 Å². The number of aliphatic hydroxyl groups excluding tert-OH is 1. The number of aliphatic imine (C=N–C) groups is 1. The molecule has 2 aromatic rings. The predicted octanol–water partition coefficient (Wildman–Crippen LogP) is 6.26. The van der Waals surface area contributed by atoms with Gasteiger partial charge in [0.2, 0.25) is 10.1 Å². The van der Waals surface area contributed by atoms with Gasteiger partial charge in [0, 0.05) is 27.8 Å². The number of thiazole rings is 1. The lowest BCUT2D eigenvalue weighted by atomic mass is 9.45. The largest absolute Gasteiger partial charge is 0.444 e. The van der Waals surface area contributed by atoms with Crippen molar-refractivity contribution in [1.82, 2.24) is 4.98 Å². The van der Waals surface area contributed by atoms with Gasteiger partial charge in [-0.1, -0.05) is 31.2 Å². The van der Waals surface area contributed by atoms with Gasteiger partial charge in [-0.2, -0.15) is 5.26 Å². The maximum Gasteiger partial charge on any atom is 0.368 e. The lowest BCUT2D eigenvalue weighted by Crippen LogP contribution is -2.62. The average Bonchev–Trinajstić information content (AvgIpc) is 3.30. The summed E-state index contributed by atoms with van der Waals surface area (Å²) in [7, 11) is 0. The summed E-state index contributed by atoms with van der Waals surface area (Å²) in [6.45, 7) is 4.25. The Morgan fingerprint density at radius 2 is 2.09 bits per heavy atom. The van der Waals surface area contributed by atoms with Crippen LogP contribution in [0, 0.1) is 44.7 Å². The van der Waals surface area contributed by atoms with Crippen LogP contribution in [-0.4, -0.2) is 44.3 Å². The first-order valence-electron chi connectivity index (χ1n) is 15.3. The molecule has 7 rings (SSSR count). The zero-order valence-corrected chi connectivity index (χ0v) is 26.8. The summed E-state index contributed by atoms with van der Waals surface area (Å²) in [4.78, 5) is 36.3. The predicted molar refractivity (Wildman–Crippen MR) is 170 cm³/mol. The Morgan fingerprint density at radius 3 is 2.78 bits per heavy atom. The van der Waals surface area contributed by atoms with Gasteiger partial charge in [0.05, 0.1) is 29.3 Å². The molecule has 5 aliphatic rings. The summed E-state index contributed by atoms with van der Waals surface area (Å²) in [5, 5.41) is 23.2. The number of rotatable bonds is 5. The Balaban J connectivity index is 1.27. The number of aliphatic hydroxyl groups is 1. The molecule has 0 saturated heterocycles. The monoisotopic (exact) mass is 646 g/mol. The normalized spacial score (nSPS) is 39.6. The molecule has 11 heteroatoms. The first-order valence-corrected chi connectivity index (χ1v) is 17.2. The third kappa shape index (κ3) is 3.98. The molecule has 3 N–H and O–H groups in total. The molecule has 0 amide bonds. The Hall–Kier alpha value is -3.33. The Bertz CT molecular complexity index is 1720. The number of ether oxygens (including phenoxy) is 1. The third-order valence-electron chi connectivity index (χ3n) is 12.2. The minimum Gasteiger partial charge on any atom is -0.444 e. The van der Waals surface area contributed by atoms with E-state index in [0.29, 0.717) is 31.4 Å². The van der Waals surface area contributed by atoms with E-state index in [4.69, 9.17) is 15.5 Å². The molecule has 234 valence electrons. The molecule has 4 saturated carbocycles. The van der Waals surface area contributed by atoms with E-state index in [1.807, 2.05) is 13.0 Å². The van der Waals surface area contributed by atoms with Crippen LogP contribution in [0.3, 0.4) is 0 Å². The fourth-order valence-electron chi connectivity index (χ4n) is 10.3. The maximum atomic E-state index is 14.0. The molecule has 0 radical (unpaired) electrons. The number of allylic oxidation sites excluding steroid dienone is 3. The Kier molecular flexibility index (Phi) is 6.97. The molecule has 8 nitrogen and oxygen atoms in total. The average molecular weight is 647 g/mol. The van der Waals surface area contributed by atoms with Crippen LogP contribution in [-0.2, 0) is 9.53 Å². The summed E-state index contributed by atoms with van der Waals surface area (Å²) in [6, 6.07) is 8.09. The second kappa shape index (κ2) is 10.3. The third-order valence-corrected chi connectivity index (χ3v) is 13.8. The zero-order valence-electron chi connectivity index (χ0n) is 25.2. The van der Waals surface area contributed by atoms with Gasteiger partial charge >= 0.3 is 5.97 Å². The van der Waals surface area contributed by atoms with Crippen molar-refractivity contribution in [3.63, 3.8) is 0 Å². The number of hydrogen-bond donors (Lipinski definition) is 2. The van der Waals surface area contributed by atoms with E-state index < -0.39 is 28.5 Å². The molecule has 1 aromatic heterocycles. The number of benzene rings is 1. The van der Waals surface area contributed by atoms with Crippen LogP contribution in [0.4, 0.5) is 10.1 Å². The van der Waals surface area contributed by atoms with Gasteiger partial charge in [-0.05, 0) is 98.4 Å². The maximum absolute atomic E-state index is 14.0. The lowest BCUT2D eigenvalue weighted by molar-refractivity contribution is -0.174. The van der Waals surface area contributed by atoms with Gasteiger partial charge < -0.3 is 15.6 Å². The number of nitrogens with two attached hydrogens (primary N) is 1. The molecule has 7 atom stereocenters. The van der Waals surface area contributed by atoms with Gasteiger partial charge in [0.25, 0.3) is 0 Å². The molecular formula is C34H35FN4O4S2. The van der Waals surface area contributed by atoms with Crippen LogP contribution >= 0.6 is 23.1 Å². The van der Waals surface area contributed by atoms with Crippen LogP contribution in [0.25, 0.3) is 0 Å². The molecule has 1 heterocycles. The van der Waals surface area contributed by atoms with Crippen LogP contribution in [0.2, 0.25) is 0 Å². The zero-order chi connectivity index (χ0) is 31.8. The van der Waals surface area contributed by atoms with Crippen molar-refractivity contribution in [3.8, 4) is 6.07 Å². The second-order valence-corrected chi connectivity index (χ2v) is 15.5. The first kappa shape index (κ1) is 30.3. The number of aromatic nitrogens is 1. The van der Waals surface area contributed by atoms with Crippen LogP contribution in [0.1, 0.15) is 68.6 Å². The van der Waals surface area contributed by atoms with Gasteiger partial charge in [-0.25, -0.2) is 19.2 Å². The second-order valence-electron chi connectivity index (χ2n) is 13.7. The van der Waals surface area contributed by atoms with Crippen LogP contribution < -0.4 is 5.73 Å². The van der Waals surface area contributed by atoms with E-state index in [2.05, 4.69) is 18.0 Å². The Labute approximate surface area is 269 Å². The number of nitrogens with zero attached hydrogens (tertiary/aromatic N) is 3. The van der Waals surface area contributed by atoms with Crippen molar-refractivity contribution in [3.05, 3.63) is 70.1 Å². The van der Waals surface area contributed by atoms with Crippen molar-refractivity contribution in [1.29, 1.82) is 5.26 Å². The van der Waals surface area contributed by atoms with E-state index in [1.165, 1.54) is 23.9 Å². The summed E-state index contributed by atoms with van der Waals surface area (Å²) in [5.74, 6) is -0.980. The molecule has 0 spiro atoms. The van der Waals surface area contributed by atoms with Crippen molar-refractivity contribution in [2.75, 3.05) is 5.75 Å². The van der Waals surface area contributed by atoms with E-state index >= 15 is 0 Å². The van der Waals surface area contributed by atoms with Gasteiger partial charge in [0.1, 0.15) is 5.82 Å². The number of hydrogen-bond acceptors (Lipinski definition) is 10. The molecule has 2 unspecified atom stereocenters. The summed E-state index contributed by atoms with van der Waals surface area (Å²) < 4.78 is 19.8. The van der Waals surface area contributed by atoms with Gasteiger partial charge in [0.15, 0.2) is 5.60 Å². The van der Waals surface area contributed by atoms with Crippen molar-refractivity contribution in [2.45, 2.75) is 70.5 Å².